The van der Waals surface area contributed by atoms with Crippen LogP contribution in [0, 0.1) is 0 Å². The van der Waals surface area contributed by atoms with Crippen LogP contribution in [0.25, 0.3) is 0 Å². The van der Waals surface area contributed by atoms with E-state index in [1.807, 2.05) is 0 Å². The fourth-order valence-electron chi connectivity index (χ4n) is 8.33. The van der Waals surface area contributed by atoms with E-state index in [0.29, 0.717) is 12.8 Å². The minimum absolute atomic E-state index is 0.0759. The largest absolute Gasteiger partial charge is 0.394 e. The Bertz CT molecular complexity index is 1360. The van der Waals surface area contributed by atoms with Gasteiger partial charge in [-0.15, -0.1) is 0 Å². The number of aliphatic hydroxyl groups is 2. The highest BCUT2D eigenvalue weighted by molar-refractivity contribution is 5.76. The van der Waals surface area contributed by atoms with Gasteiger partial charge in [-0.25, -0.2) is 0 Å². The normalized spacial score (nSPS) is 13.7. The second kappa shape index (κ2) is 59.1. The van der Waals surface area contributed by atoms with E-state index in [9.17, 15) is 15.0 Å². The summed E-state index contributed by atoms with van der Waals surface area (Å²) in [5.74, 6) is -0.0759. The topological polar surface area (TPSA) is 69.6 Å². The van der Waals surface area contributed by atoms with Crippen LogP contribution in [0.1, 0.15) is 264 Å². The van der Waals surface area contributed by atoms with Crippen molar-refractivity contribution in [2.75, 3.05) is 6.61 Å². The molecule has 0 saturated heterocycles. The van der Waals surface area contributed by atoms with Crippen LogP contribution in [-0.4, -0.2) is 34.9 Å². The summed E-state index contributed by atoms with van der Waals surface area (Å²) >= 11 is 0. The van der Waals surface area contributed by atoms with Gasteiger partial charge in [0, 0.05) is 6.42 Å². The van der Waals surface area contributed by atoms with E-state index in [4.69, 9.17) is 0 Å². The van der Waals surface area contributed by atoms with Crippen molar-refractivity contribution in [1.82, 2.24) is 5.32 Å². The van der Waals surface area contributed by atoms with Gasteiger partial charge in [0.25, 0.3) is 0 Å². The third kappa shape index (κ3) is 55.6. The molecule has 69 heavy (non-hydrogen) atoms. The molecule has 0 rings (SSSR count). The molecule has 394 valence electrons. The number of hydrogen-bond acceptors (Lipinski definition) is 3. The van der Waals surface area contributed by atoms with Gasteiger partial charge >= 0.3 is 0 Å². The smallest absolute Gasteiger partial charge is 0.220 e. The van der Waals surface area contributed by atoms with Gasteiger partial charge in [0.2, 0.25) is 5.91 Å². The fraction of sp³-hybridized carbons (Fsp3) is 0.677. The maximum Gasteiger partial charge on any atom is 0.220 e. The molecular weight excluding hydrogens is 843 g/mol. The van der Waals surface area contributed by atoms with E-state index < -0.39 is 12.1 Å². The zero-order chi connectivity index (χ0) is 49.9. The summed E-state index contributed by atoms with van der Waals surface area (Å²) in [6.07, 6.45) is 90.4. The number of unbranched alkanes of at least 4 members (excludes halogenated alkanes) is 25. The number of rotatable bonds is 52. The number of carbonyl (C=O) groups excluding carboxylic acids is 1. The number of amides is 1. The Balaban J connectivity index is 3.64. The lowest BCUT2D eigenvalue weighted by atomic mass is 10.0. The van der Waals surface area contributed by atoms with Crippen LogP contribution >= 0.6 is 0 Å². The molecule has 2 atom stereocenters. The molecule has 0 aromatic carbocycles. The summed E-state index contributed by atoms with van der Waals surface area (Å²) in [5, 5.41) is 23.3. The van der Waals surface area contributed by atoms with Crippen molar-refractivity contribution in [2.45, 2.75) is 276 Å². The molecule has 0 radical (unpaired) electrons. The average molecular weight is 955 g/mol. The molecule has 0 aromatic rings. The molecule has 0 aromatic heterocycles. The van der Waals surface area contributed by atoms with Gasteiger partial charge < -0.3 is 15.5 Å². The van der Waals surface area contributed by atoms with E-state index in [0.717, 1.165) is 96.3 Å². The highest BCUT2D eigenvalue weighted by atomic mass is 16.3. The van der Waals surface area contributed by atoms with Crippen molar-refractivity contribution in [3.8, 4) is 0 Å². The Labute approximate surface area is 428 Å². The fourth-order valence-corrected chi connectivity index (χ4v) is 8.33. The van der Waals surface area contributed by atoms with Crippen molar-refractivity contribution in [3.05, 3.63) is 122 Å². The third-order valence-electron chi connectivity index (χ3n) is 12.7. The summed E-state index contributed by atoms with van der Waals surface area (Å²) in [7, 11) is 0. The number of aliphatic hydroxyl groups excluding tert-OH is 2. The van der Waals surface area contributed by atoms with E-state index in [1.165, 1.54) is 141 Å². The van der Waals surface area contributed by atoms with Crippen molar-refractivity contribution >= 4 is 5.91 Å². The predicted molar refractivity (Wildman–Crippen MR) is 308 cm³/mol. The molecule has 0 bridgehead atoms. The summed E-state index contributed by atoms with van der Waals surface area (Å²) in [6, 6.07) is -0.570. The third-order valence-corrected chi connectivity index (χ3v) is 12.7. The lowest BCUT2D eigenvalue weighted by molar-refractivity contribution is -0.123. The highest BCUT2D eigenvalue weighted by Gasteiger charge is 2.20. The molecular formula is C65H111NO3. The van der Waals surface area contributed by atoms with Crippen molar-refractivity contribution in [2.24, 2.45) is 0 Å². The monoisotopic (exact) mass is 954 g/mol. The first-order valence-corrected chi connectivity index (χ1v) is 29.2. The predicted octanol–water partition coefficient (Wildman–Crippen LogP) is 19.6. The van der Waals surface area contributed by atoms with Crippen molar-refractivity contribution < 1.29 is 15.0 Å². The van der Waals surface area contributed by atoms with Crippen molar-refractivity contribution in [1.29, 1.82) is 0 Å². The van der Waals surface area contributed by atoms with Crippen LogP contribution in [0.4, 0.5) is 0 Å². The molecule has 0 heterocycles. The maximum atomic E-state index is 12.5. The van der Waals surface area contributed by atoms with Crippen LogP contribution in [0.5, 0.6) is 0 Å². The first-order valence-electron chi connectivity index (χ1n) is 29.2. The molecule has 0 aliphatic rings. The molecule has 0 fully saturated rings. The first kappa shape index (κ1) is 65.8. The number of hydrogen-bond donors (Lipinski definition) is 3. The summed E-state index contributed by atoms with van der Waals surface area (Å²) in [5.41, 5.74) is 0. The van der Waals surface area contributed by atoms with Crippen LogP contribution in [0.3, 0.4) is 0 Å². The van der Waals surface area contributed by atoms with E-state index in [2.05, 4.69) is 141 Å². The summed E-state index contributed by atoms with van der Waals surface area (Å²) in [4.78, 5) is 12.5. The Hall–Kier alpha value is -3.21. The number of allylic oxidation sites excluding steroid dienone is 20. The van der Waals surface area contributed by atoms with E-state index >= 15 is 0 Å². The Morgan fingerprint density at radius 1 is 0.362 bits per heavy atom. The minimum atomic E-state index is -0.688. The lowest BCUT2D eigenvalue weighted by Crippen LogP contribution is -2.45. The first-order chi connectivity index (χ1) is 34.2. The minimum Gasteiger partial charge on any atom is -0.394 e. The van der Waals surface area contributed by atoms with Gasteiger partial charge in [-0.1, -0.05) is 289 Å². The van der Waals surface area contributed by atoms with E-state index in [-0.39, 0.29) is 12.5 Å². The molecule has 4 nitrogen and oxygen atoms in total. The number of nitrogens with one attached hydrogen (secondary N) is 1. The van der Waals surface area contributed by atoms with Gasteiger partial charge in [-0.05, 0) is 89.9 Å². The zero-order valence-electron chi connectivity index (χ0n) is 45.3. The molecule has 0 spiro atoms. The second-order valence-corrected chi connectivity index (χ2v) is 19.3. The molecule has 2 unspecified atom stereocenters. The average Bonchev–Trinajstić information content (AvgIpc) is 3.35. The molecule has 0 aliphatic heterocycles. The molecule has 0 saturated carbocycles. The van der Waals surface area contributed by atoms with Crippen LogP contribution in [0.2, 0.25) is 0 Å². The Morgan fingerprint density at radius 3 is 0.928 bits per heavy atom. The van der Waals surface area contributed by atoms with Gasteiger partial charge in [-0.2, -0.15) is 0 Å². The highest BCUT2D eigenvalue weighted by Crippen LogP contribution is 2.17. The van der Waals surface area contributed by atoms with Crippen LogP contribution in [0.15, 0.2) is 122 Å². The zero-order valence-corrected chi connectivity index (χ0v) is 45.3. The SMILES string of the molecule is CC/C=C\C/C=C\C/C=C\C/C=C\C/C=C\C/C=C\C/C=C\C/C=C\C/C=C\C/C=C\CCCCC(=O)NC(CO)C(O)CCCCCCCCCCCCCCCCCCCCCCCCCC. The molecule has 4 heteroatoms. The second-order valence-electron chi connectivity index (χ2n) is 19.3. The quantitative estimate of drug-likeness (QED) is 0.0420. The summed E-state index contributed by atoms with van der Waals surface area (Å²) in [6.45, 7) is 4.24. The van der Waals surface area contributed by atoms with Crippen LogP contribution < -0.4 is 5.32 Å². The van der Waals surface area contributed by atoms with E-state index in [1.54, 1.807) is 0 Å². The summed E-state index contributed by atoms with van der Waals surface area (Å²) < 4.78 is 0. The Morgan fingerprint density at radius 2 is 0.638 bits per heavy atom. The maximum absolute atomic E-state index is 12.5. The Kier molecular flexibility index (Phi) is 56.4. The van der Waals surface area contributed by atoms with Crippen molar-refractivity contribution in [3.63, 3.8) is 0 Å². The lowest BCUT2D eigenvalue weighted by Gasteiger charge is -2.22. The van der Waals surface area contributed by atoms with Gasteiger partial charge in [0.15, 0.2) is 0 Å². The van der Waals surface area contributed by atoms with Gasteiger partial charge in [0.1, 0.15) is 0 Å². The molecule has 1 amide bonds. The van der Waals surface area contributed by atoms with Gasteiger partial charge in [0.05, 0.1) is 18.8 Å². The van der Waals surface area contributed by atoms with Gasteiger partial charge in [-0.3, -0.25) is 4.79 Å². The van der Waals surface area contributed by atoms with Crippen LogP contribution in [-0.2, 0) is 4.79 Å². The number of carbonyl (C=O) groups is 1. The molecule has 3 N–H and O–H groups in total. The molecule has 0 aliphatic carbocycles. The standard InChI is InChI=1S/C65H111NO3/c1-3-5-7-9-11-13-15-17-19-21-23-25-27-29-30-31-32-33-34-35-36-37-39-41-43-45-47-49-51-53-55-57-59-61-65(69)66-63(62-67)64(68)60-58-56-54-52-50-48-46-44-42-40-38-28-26-24-22-20-18-16-14-12-10-8-6-4-2/h5,7,11,13,17,19,23,25,29-30,32-33,35-36,39,41,45,47,51,53,63-64,67-68H,3-4,6,8-10,12,14-16,18,20-22,24,26-28,31,34,37-38,40,42-44,46,48-50,52,54-62H2,1-2H3,(H,66,69)/b7-5-,13-11-,19-17-,25-23-,30-29-,33-32-,36-35-,41-39-,47-45-,53-51-.